The van der Waals surface area contributed by atoms with Gasteiger partial charge in [0.15, 0.2) is 0 Å². The molecule has 1 spiro atoms. The summed E-state index contributed by atoms with van der Waals surface area (Å²) in [6.07, 6.45) is 3.14. The molecule has 0 aliphatic carbocycles. The van der Waals surface area contributed by atoms with Crippen LogP contribution in [0.1, 0.15) is 44.2 Å². The number of amides is 2. The second-order valence-corrected chi connectivity index (χ2v) is 10.2. The van der Waals surface area contributed by atoms with Crippen molar-refractivity contribution in [3.05, 3.63) is 65.5 Å². The lowest BCUT2D eigenvalue weighted by atomic mass is 9.75. The summed E-state index contributed by atoms with van der Waals surface area (Å²) in [4.78, 5) is 30.5. The maximum atomic E-state index is 13.8. The summed E-state index contributed by atoms with van der Waals surface area (Å²) in [5.41, 5.74) is 1.44. The van der Waals surface area contributed by atoms with Gasteiger partial charge < -0.3 is 14.5 Å². The van der Waals surface area contributed by atoms with Crippen LogP contribution in [0.15, 0.2) is 48.5 Å². The first kappa shape index (κ1) is 24.2. The number of ether oxygens (including phenoxy) is 1. The van der Waals surface area contributed by atoms with Crippen molar-refractivity contribution < 1.29 is 18.7 Å². The van der Waals surface area contributed by atoms with Gasteiger partial charge in [-0.3, -0.25) is 9.59 Å². The maximum absolute atomic E-state index is 13.8. The molecule has 2 aliphatic rings. The van der Waals surface area contributed by atoms with Crippen LogP contribution in [-0.4, -0.2) is 54.4 Å². The Labute approximate surface area is 201 Å². The van der Waals surface area contributed by atoms with Crippen LogP contribution in [0.2, 0.25) is 0 Å². The molecule has 2 fully saturated rings. The lowest BCUT2D eigenvalue weighted by Crippen LogP contribution is -2.47. The molecule has 2 aliphatic heterocycles. The molecule has 2 aromatic carbocycles. The quantitative estimate of drug-likeness (QED) is 0.604. The molecular weight excluding hydrogens is 431 g/mol. The Kier molecular flexibility index (Phi) is 7.24. The Hall–Kier alpha value is -2.89. The first-order valence-corrected chi connectivity index (χ1v) is 12.3. The van der Waals surface area contributed by atoms with Crippen LogP contribution >= 0.6 is 0 Å². The number of halogens is 1. The number of carbonyl (C=O) groups is 2. The standard InChI is InChI=1S/C28H35FN2O3/c1-20(2)19-31-24(15-21-6-4-8-23(29)14-21)18-28(27(31)33)10-12-30(13-11-28)26(32)17-22-7-5-9-25(16-22)34-3/h4-9,14,16,20,24H,10-13,15,17-19H2,1-3H3/t24-/m0/s1. The average Bonchev–Trinajstić information content (AvgIpc) is 3.04. The monoisotopic (exact) mass is 466 g/mol. The molecule has 182 valence electrons. The van der Waals surface area contributed by atoms with E-state index >= 15 is 0 Å². The van der Waals surface area contributed by atoms with Crippen LogP contribution < -0.4 is 4.74 Å². The van der Waals surface area contributed by atoms with Crippen LogP contribution in [0.3, 0.4) is 0 Å². The van der Waals surface area contributed by atoms with Gasteiger partial charge in [-0.1, -0.05) is 38.1 Å². The largest absolute Gasteiger partial charge is 0.497 e. The van der Waals surface area contributed by atoms with E-state index in [1.165, 1.54) is 6.07 Å². The number of piperidine rings is 1. The van der Waals surface area contributed by atoms with Gasteiger partial charge in [-0.15, -0.1) is 0 Å². The summed E-state index contributed by atoms with van der Waals surface area (Å²) < 4.78 is 19.0. The molecule has 1 atom stereocenters. The van der Waals surface area contributed by atoms with Crippen molar-refractivity contribution in [2.75, 3.05) is 26.7 Å². The van der Waals surface area contributed by atoms with Gasteiger partial charge in [0.1, 0.15) is 11.6 Å². The molecule has 0 aromatic heterocycles. The van der Waals surface area contributed by atoms with E-state index in [-0.39, 0.29) is 23.7 Å². The molecule has 2 saturated heterocycles. The summed E-state index contributed by atoms with van der Waals surface area (Å²) >= 11 is 0. The van der Waals surface area contributed by atoms with Crippen molar-refractivity contribution >= 4 is 11.8 Å². The molecule has 5 nitrogen and oxygen atoms in total. The topological polar surface area (TPSA) is 49.9 Å². The first-order valence-electron chi connectivity index (χ1n) is 12.3. The van der Waals surface area contributed by atoms with E-state index in [2.05, 4.69) is 13.8 Å². The fourth-order valence-electron chi connectivity index (χ4n) is 5.53. The molecule has 0 bridgehead atoms. The summed E-state index contributed by atoms with van der Waals surface area (Å²) in [5.74, 6) is 1.16. The zero-order valence-corrected chi connectivity index (χ0v) is 20.4. The molecule has 0 saturated carbocycles. The van der Waals surface area contributed by atoms with Gasteiger partial charge in [0.25, 0.3) is 0 Å². The highest BCUT2D eigenvalue weighted by atomic mass is 19.1. The highest BCUT2D eigenvalue weighted by Gasteiger charge is 2.52. The minimum Gasteiger partial charge on any atom is -0.497 e. The summed E-state index contributed by atoms with van der Waals surface area (Å²) in [7, 11) is 1.62. The number of carbonyl (C=O) groups excluding carboxylic acids is 2. The fraction of sp³-hybridized carbons (Fsp3) is 0.500. The summed E-state index contributed by atoms with van der Waals surface area (Å²) in [5, 5.41) is 0. The number of rotatable bonds is 7. The Morgan fingerprint density at radius 1 is 1.12 bits per heavy atom. The number of methoxy groups -OCH3 is 1. The van der Waals surface area contributed by atoms with Crippen molar-refractivity contribution in [2.24, 2.45) is 11.3 Å². The van der Waals surface area contributed by atoms with Gasteiger partial charge in [-0.25, -0.2) is 4.39 Å². The highest BCUT2D eigenvalue weighted by molar-refractivity contribution is 5.86. The summed E-state index contributed by atoms with van der Waals surface area (Å²) in [6.45, 7) is 6.14. The third-order valence-corrected chi connectivity index (χ3v) is 7.27. The first-order chi connectivity index (χ1) is 16.3. The minimum atomic E-state index is -0.417. The molecule has 6 heteroatoms. The van der Waals surface area contributed by atoms with Crippen molar-refractivity contribution in [1.29, 1.82) is 0 Å². The molecular formula is C28H35FN2O3. The number of nitrogens with zero attached hydrogens (tertiary/aromatic N) is 2. The maximum Gasteiger partial charge on any atom is 0.229 e. The van der Waals surface area contributed by atoms with Crippen molar-refractivity contribution in [3.63, 3.8) is 0 Å². The van der Waals surface area contributed by atoms with Crippen molar-refractivity contribution in [2.45, 2.75) is 52.0 Å². The van der Waals surface area contributed by atoms with Crippen LogP contribution in [0.4, 0.5) is 4.39 Å². The number of likely N-dealkylation sites (tertiary alicyclic amines) is 2. The van der Waals surface area contributed by atoms with E-state index < -0.39 is 5.41 Å². The van der Waals surface area contributed by atoms with Gasteiger partial charge in [0.2, 0.25) is 11.8 Å². The zero-order valence-electron chi connectivity index (χ0n) is 20.4. The predicted octanol–water partition coefficient (Wildman–Crippen LogP) is 4.49. The van der Waals surface area contributed by atoms with E-state index in [9.17, 15) is 14.0 Å². The third kappa shape index (κ3) is 5.26. The molecule has 2 amide bonds. The SMILES string of the molecule is COc1cccc(CC(=O)N2CCC3(CC2)C[C@H](Cc2cccc(F)c2)N(CC(C)C)C3=O)c1. The van der Waals surface area contributed by atoms with E-state index in [0.717, 1.165) is 23.3 Å². The van der Waals surface area contributed by atoms with E-state index in [1.807, 2.05) is 40.1 Å². The molecule has 34 heavy (non-hydrogen) atoms. The lowest BCUT2D eigenvalue weighted by Gasteiger charge is -2.38. The number of benzene rings is 2. The molecule has 2 aromatic rings. The van der Waals surface area contributed by atoms with Crippen molar-refractivity contribution in [3.8, 4) is 5.75 Å². The Balaban J connectivity index is 1.43. The average molecular weight is 467 g/mol. The van der Waals surface area contributed by atoms with Crippen LogP contribution in [0.5, 0.6) is 5.75 Å². The third-order valence-electron chi connectivity index (χ3n) is 7.27. The van der Waals surface area contributed by atoms with Crippen LogP contribution in [0.25, 0.3) is 0 Å². The number of hydrogen-bond donors (Lipinski definition) is 0. The van der Waals surface area contributed by atoms with Gasteiger partial charge >= 0.3 is 0 Å². The zero-order chi connectivity index (χ0) is 24.3. The molecule has 2 heterocycles. The highest BCUT2D eigenvalue weighted by Crippen LogP contribution is 2.45. The Morgan fingerprint density at radius 3 is 2.50 bits per heavy atom. The Bertz CT molecular complexity index is 1030. The molecule has 0 unspecified atom stereocenters. The summed E-state index contributed by atoms with van der Waals surface area (Å²) in [6, 6.07) is 14.4. The fourth-order valence-corrected chi connectivity index (χ4v) is 5.53. The smallest absolute Gasteiger partial charge is 0.229 e. The van der Waals surface area contributed by atoms with E-state index in [4.69, 9.17) is 4.74 Å². The van der Waals surface area contributed by atoms with Gasteiger partial charge in [-0.05, 0) is 67.0 Å². The predicted molar refractivity (Wildman–Crippen MR) is 130 cm³/mol. The van der Waals surface area contributed by atoms with E-state index in [1.54, 1.807) is 19.2 Å². The van der Waals surface area contributed by atoms with Gasteiger partial charge in [0.05, 0.1) is 18.9 Å². The lowest BCUT2D eigenvalue weighted by molar-refractivity contribution is -0.143. The Morgan fingerprint density at radius 2 is 1.82 bits per heavy atom. The van der Waals surface area contributed by atoms with Crippen LogP contribution in [0, 0.1) is 17.2 Å². The second-order valence-electron chi connectivity index (χ2n) is 10.2. The van der Waals surface area contributed by atoms with Gasteiger partial charge in [-0.2, -0.15) is 0 Å². The van der Waals surface area contributed by atoms with E-state index in [0.29, 0.717) is 51.2 Å². The normalized spacial score (nSPS) is 19.8. The molecule has 0 radical (unpaired) electrons. The molecule has 0 N–H and O–H groups in total. The molecule has 4 rings (SSSR count). The van der Waals surface area contributed by atoms with Gasteiger partial charge in [0, 0.05) is 25.7 Å². The minimum absolute atomic E-state index is 0.0655. The number of hydrogen-bond acceptors (Lipinski definition) is 3. The van der Waals surface area contributed by atoms with Crippen LogP contribution in [-0.2, 0) is 22.4 Å². The van der Waals surface area contributed by atoms with Crippen molar-refractivity contribution in [1.82, 2.24) is 9.80 Å². The second kappa shape index (κ2) is 10.2.